The van der Waals surface area contributed by atoms with Crippen molar-refractivity contribution >= 4 is 23.8 Å². The second-order valence-electron chi connectivity index (χ2n) is 9.02. The molecule has 1 atom stereocenters. The van der Waals surface area contributed by atoms with Crippen LogP contribution in [0.25, 0.3) is 0 Å². The summed E-state index contributed by atoms with van der Waals surface area (Å²) in [6.07, 6.45) is 8.27. The number of piperidine rings is 2. The molecule has 2 fully saturated rings. The third kappa shape index (κ3) is 5.91. The number of benzene rings is 1. The van der Waals surface area contributed by atoms with Crippen molar-refractivity contribution in [3.05, 3.63) is 41.1 Å². The fraction of sp³-hybridized carbons (Fsp3) is 0.600. The van der Waals surface area contributed by atoms with Gasteiger partial charge in [0.05, 0.1) is 18.2 Å². The first-order chi connectivity index (χ1) is 16.1. The number of carbonyl (C=O) groups excluding carboxylic acids is 2. The molecule has 2 amide bonds. The molecule has 7 nitrogen and oxygen atoms in total. The molecule has 33 heavy (non-hydrogen) atoms. The molecule has 2 saturated heterocycles. The highest BCUT2D eigenvalue weighted by atomic mass is 32.2. The number of esters is 1. The van der Waals surface area contributed by atoms with E-state index in [9.17, 15) is 9.59 Å². The first-order valence-electron chi connectivity index (χ1n) is 12.2. The average Bonchev–Trinajstić information content (AvgIpc) is 2.85. The average molecular weight is 473 g/mol. The van der Waals surface area contributed by atoms with Crippen LogP contribution in [0, 0.1) is 0 Å². The molecule has 180 valence electrons. The zero-order valence-corrected chi connectivity index (χ0v) is 20.6. The van der Waals surface area contributed by atoms with Gasteiger partial charge in [0.15, 0.2) is 0 Å². The number of thioether (sulfide) groups is 1. The second-order valence-corrected chi connectivity index (χ2v) is 9.90. The number of nitrogens with one attached hydrogen (secondary N) is 2. The van der Waals surface area contributed by atoms with E-state index in [4.69, 9.17) is 4.74 Å². The number of urea groups is 1. The van der Waals surface area contributed by atoms with Gasteiger partial charge >= 0.3 is 12.0 Å². The standard InChI is InChI=1S/C25H36N4O3S/c1-3-32-24(30)22-21(17-28-15-11-19(12-16-28)29-13-5-4-6-14-29)26-25(31)27-23(22)18-7-9-20(33-2)10-8-18/h7-10,19,23H,3-6,11-17H2,1-2H3,(H2,26,27,31)/t23-/m1/s1. The second kappa shape index (κ2) is 11.4. The Labute approximate surface area is 201 Å². The molecule has 0 aliphatic carbocycles. The van der Waals surface area contributed by atoms with Crippen LogP contribution >= 0.6 is 11.8 Å². The van der Waals surface area contributed by atoms with Crippen molar-refractivity contribution in [3.8, 4) is 0 Å². The lowest BCUT2D eigenvalue weighted by Crippen LogP contribution is -2.51. The molecule has 0 saturated carbocycles. The minimum Gasteiger partial charge on any atom is -0.463 e. The largest absolute Gasteiger partial charge is 0.463 e. The first-order valence-corrected chi connectivity index (χ1v) is 13.4. The molecule has 3 heterocycles. The zero-order chi connectivity index (χ0) is 23.2. The smallest absolute Gasteiger partial charge is 0.338 e. The van der Waals surface area contributed by atoms with Gasteiger partial charge in [-0.3, -0.25) is 4.90 Å². The number of amides is 2. The number of nitrogens with zero attached hydrogens (tertiary/aromatic N) is 2. The summed E-state index contributed by atoms with van der Waals surface area (Å²) in [6.45, 7) is 7.04. The first kappa shape index (κ1) is 24.1. The molecular formula is C25H36N4O3S. The van der Waals surface area contributed by atoms with Gasteiger partial charge in [0.2, 0.25) is 0 Å². The molecule has 1 aromatic rings. The van der Waals surface area contributed by atoms with E-state index in [-0.39, 0.29) is 12.0 Å². The molecule has 8 heteroatoms. The molecule has 1 aromatic carbocycles. The Morgan fingerprint density at radius 3 is 2.42 bits per heavy atom. The van der Waals surface area contributed by atoms with Crippen molar-refractivity contribution in [2.24, 2.45) is 0 Å². The van der Waals surface area contributed by atoms with Crippen molar-refractivity contribution in [1.82, 2.24) is 20.4 Å². The van der Waals surface area contributed by atoms with E-state index in [0.717, 1.165) is 36.4 Å². The van der Waals surface area contributed by atoms with Crippen molar-refractivity contribution in [2.45, 2.75) is 56.0 Å². The van der Waals surface area contributed by atoms with Crippen molar-refractivity contribution in [2.75, 3.05) is 45.6 Å². The van der Waals surface area contributed by atoms with Crippen LogP contribution in [0.15, 0.2) is 40.4 Å². The fourth-order valence-electron chi connectivity index (χ4n) is 5.19. The summed E-state index contributed by atoms with van der Waals surface area (Å²) in [7, 11) is 0. The molecular weight excluding hydrogens is 436 g/mol. The van der Waals surface area contributed by atoms with Crippen LogP contribution in [0.3, 0.4) is 0 Å². The Morgan fingerprint density at radius 2 is 1.79 bits per heavy atom. The van der Waals surface area contributed by atoms with Gasteiger partial charge in [-0.2, -0.15) is 0 Å². The van der Waals surface area contributed by atoms with Gasteiger partial charge in [-0.25, -0.2) is 9.59 Å². The van der Waals surface area contributed by atoms with Crippen LogP contribution in [0.2, 0.25) is 0 Å². The summed E-state index contributed by atoms with van der Waals surface area (Å²) >= 11 is 1.66. The highest BCUT2D eigenvalue weighted by molar-refractivity contribution is 7.98. The number of carbonyl (C=O) groups is 2. The minimum atomic E-state index is -0.519. The topological polar surface area (TPSA) is 73.9 Å². The maximum absolute atomic E-state index is 13.0. The summed E-state index contributed by atoms with van der Waals surface area (Å²) in [6, 6.07) is 7.84. The van der Waals surface area contributed by atoms with Crippen molar-refractivity contribution < 1.29 is 14.3 Å². The van der Waals surface area contributed by atoms with Gasteiger partial charge in [-0.1, -0.05) is 18.6 Å². The Morgan fingerprint density at radius 1 is 1.09 bits per heavy atom. The Kier molecular flexibility index (Phi) is 8.33. The molecule has 4 rings (SSSR count). The van der Waals surface area contributed by atoms with E-state index >= 15 is 0 Å². The van der Waals surface area contributed by atoms with E-state index in [0.29, 0.717) is 30.5 Å². The summed E-state index contributed by atoms with van der Waals surface area (Å²) in [5.74, 6) is -0.373. The Bertz CT molecular complexity index is 859. The van der Waals surface area contributed by atoms with Crippen molar-refractivity contribution in [1.29, 1.82) is 0 Å². The summed E-state index contributed by atoms with van der Waals surface area (Å²) in [5, 5.41) is 5.86. The van der Waals surface area contributed by atoms with E-state index in [1.54, 1.807) is 18.7 Å². The Hall–Kier alpha value is -2.03. The number of rotatable bonds is 7. The van der Waals surface area contributed by atoms with E-state index in [1.165, 1.54) is 32.4 Å². The van der Waals surface area contributed by atoms with Crippen LogP contribution < -0.4 is 10.6 Å². The van der Waals surface area contributed by atoms with E-state index in [2.05, 4.69) is 20.4 Å². The zero-order valence-electron chi connectivity index (χ0n) is 19.8. The number of ether oxygens (including phenoxy) is 1. The van der Waals surface area contributed by atoms with Gasteiger partial charge in [0.1, 0.15) is 0 Å². The van der Waals surface area contributed by atoms with Gasteiger partial charge in [0.25, 0.3) is 0 Å². The van der Waals surface area contributed by atoms with Gasteiger partial charge in [-0.05, 0) is 69.6 Å². The molecule has 0 bridgehead atoms. The van der Waals surface area contributed by atoms with Crippen molar-refractivity contribution in [3.63, 3.8) is 0 Å². The van der Waals surface area contributed by atoms with Gasteiger partial charge in [-0.15, -0.1) is 11.8 Å². The van der Waals surface area contributed by atoms with Crippen LogP contribution in [-0.2, 0) is 9.53 Å². The van der Waals surface area contributed by atoms with Gasteiger partial charge in [0, 0.05) is 36.3 Å². The third-order valence-corrected chi connectivity index (χ3v) is 7.69. The maximum atomic E-state index is 13.0. The fourth-order valence-corrected chi connectivity index (χ4v) is 5.60. The molecule has 3 aliphatic rings. The van der Waals surface area contributed by atoms with Gasteiger partial charge < -0.3 is 20.3 Å². The Balaban J connectivity index is 1.52. The molecule has 0 spiro atoms. The molecule has 0 radical (unpaired) electrons. The molecule has 2 N–H and O–H groups in total. The van der Waals surface area contributed by atoms with E-state index in [1.807, 2.05) is 30.5 Å². The lowest BCUT2D eigenvalue weighted by molar-refractivity contribution is -0.139. The highest BCUT2D eigenvalue weighted by Gasteiger charge is 2.35. The maximum Gasteiger partial charge on any atom is 0.338 e. The van der Waals surface area contributed by atoms with Crippen LogP contribution in [0.5, 0.6) is 0 Å². The number of likely N-dealkylation sites (tertiary alicyclic amines) is 2. The predicted molar refractivity (Wildman–Crippen MR) is 131 cm³/mol. The van der Waals surface area contributed by atoms with E-state index < -0.39 is 6.04 Å². The number of hydrogen-bond donors (Lipinski definition) is 2. The quantitative estimate of drug-likeness (QED) is 0.467. The van der Waals surface area contributed by atoms with Crippen LogP contribution in [0.1, 0.15) is 50.6 Å². The lowest BCUT2D eigenvalue weighted by Gasteiger charge is -2.41. The number of hydrogen-bond acceptors (Lipinski definition) is 6. The SMILES string of the molecule is CCOC(=O)C1=C(CN2CCC(N3CCCCC3)CC2)NC(=O)N[C@@H]1c1ccc(SC)cc1. The molecule has 0 aromatic heterocycles. The molecule has 0 unspecified atom stereocenters. The lowest BCUT2D eigenvalue weighted by atomic mass is 9.94. The third-order valence-electron chi connectivity index (χ3n) is 6.94. The summed E-state index contributed by atoms with van der Waals surface area (Å²) in [4.78, 5) is 31.7. The monoisotopic (exact) mass is 472 g/mol. The minimum absolute atomic E-state index is 0.278. The predicted octanol–water partition coefficient (Wildman–Crippen LogP) is 3.53. The normalized spacial score (nSPS) is 23.2. The van der Waals surface area contributed by atoms with Crippen LogP contribution in [0.4, 0.5) is 4.79 Å². The molecule has 3 aliphatic heterocycles. The highest BCUT2D eigenvalue weighted by Crippen LogP contribution is 2.30. The summed E-state index contributed by atoms with van der Waals surface area (Å²) in [5.41, 5.74) is 2.05. The van der Waals surface area contributed by atoms with Crippen LogP contribution in [-0.4, -0.2) is 73.4 Å². The summed E-state index contributed by atoms with van der Waals surface area (Å²) < 4.78 is 5.41.